The summed E-state index contributed by atoms with van der Waals surface area (Å²) in [6.45, 7) is 8.60. The van der Waals surface area contributed by atoms with E-state index in [0.717, 1.165) is 23.5 Å². The number of halogens is 1. The van der Waals surface area contributed by atoms with Crippen molar-refractivity contribution in [2.24, 2.45) is 0 Å². The lowest BCUT2D eigenvalue weighted by atomic mass is 10.1. The molecule has 1 aromatic heterocycles. The molecule has 3 nitrogen and oxygen atoms in total. The lowest BCUT2D eigenvalue weighted by Crippen LogP contribution is -2.10. The highest BCUT2D eigenvalue weighted by Gasteiger charge is 2.15. The molecule has 0 amide bonds. The van der Waals surface area contributed by atoms with Gasteiger partial charge in [0.05, 0.1) is 5.38 Å². The molecular weight excluding hydrogens is 224 g/mol. The van der Waals surface area contributed by atoms with Gasteiger partial charge >= 0.3 is 0 Å². The predicted octanol–water partition coefficient (Wildman–Crippen LogP) is 3.57. The van der Waals surface area contributed by atoms with E-state index in [0.29, 0.717) is 6.61 Å². The fourth-order valence-corrected chi connectivity index (χ4v) is 1.83. The van der Waals surface area contributed by atoms with Gasteiger partial charge in [-0.25, -0.2) is 9.97 Å². The van der Waals surface area contributed by atoms with Crippen molar-refractivity contribution in [1.29, 1.82) is 0 Å². The highest BCUT2D eigenvalue weighted by molar-refractivity contribution is 6.20. The van der Waals surface area contributed by atoms with Crippen LogP contribution in [0.25, 0.3) is 0 Å². The number of rotatable bonds is 5. The van der Waals surface area contributed by atoms with Crippen LogP contribution in [0.5, 0.6) is 0 Å². The monoisotopic (exact) mass is 242 g/mol. The number of hydrogen-bond acceptors (Lipinski definition) is 3. The minimum atomic E-state index is -0.0544. The molecule has 0 aliphatic heterocycles. The van der Waals surface area contributed by atoms with Gasteiger partial charge < -0.3 is 4.74 Å². The minimum Gasteiger partial charge on any atom is -0.371 e. The van der Waals surface area contributed by atoms with Crippen molar-refractivity contribution in [3.05, 3.63) is 23.3 Å². The van der Waals surface area contributed by atoms with Crippen molar-refractivity contribution >= 4 is 11.6 Å². The van der Waals surface area contributed by atoms with E-state index >= 15 is 0 Å². The fourth-order valence-electron chi connectivity index (χ4n) is 1.62. The minimum absolute atomic E-state index is 0.0108. The second-order valence-corrected chi connectivity index (χ2v) is 4.39. The average Bonchev–Trinajstić information content (AvgIpc) is 2.25. The van der Waals surface area contributed by atoms with Gasteiger partial charge in [-0.1, -0.05) is 6.92 Å². The number of aryl methyl sites for hydroxylation is 1. The van der Waals surface area contributed by atoms with Crippen LogP contribution >= 0.6 is 11.6 Å². The van der Waals surface area contributed by atoms with E-state index < -0.39 is 0 Å². The van der Waals surface area contributed by atoms with E-state index in [9.17, 15) is 0 Å². The second kappa shape index (κ2) is 6.16. The van der Waals surface area contributed by atoms with Crippen LogP contribution in [-0.2, 0) is 4.74 Å². The highest BCUT2D eigenvalue weighted by Crippen LogP contribution is 2.23. The molecule has 0 aromatic carbocycles. The van der Waals surface area contributed by atoms with Crippen molar-refractivity contribution < 1.29 is 4.74 Å². The molecule has 0 radical (unpaired) electrons. The third-order valence-corrected chi connectivity index (χ3v) is 2.73. The van der Waals surface area contributed by atoms with Crippen molar-refractivity contribution in [2.45, 2.75) is 45.6 Å². The number of aromatic nitrogens is 2. The largest absolute Gasteiger partial charge is 0.371 e. The van der Waals surface area contributed by atoms with Gasteiger partial charge in [-0.3, -0.25) is 0 Å². The lowest BCUT2D eigenvalue weighted by Gasteiger charge is -2.15. The van der Waals surface area contributed by atoms with E-state index in [1.54, 1.807) is 6.20 Å². The summed E-state index contributed by atoms with van der Waals surface area (Å²) in [5.41, 5.74) is 1.92. The van der Waals surface area contributed by atoms with E-state index in [1.165, 1.54) is 0 Å². The van der Waals surface area contributed by atoms with Gasteiger partial charge in [0.1, 0.15) is 6.10 Å². The van der Waals surface area contributed by atoms with Gasteiger partial charge in [-0.05, 0) is 27.2 Å². The molecule has 2 atom stereocenters. The van der Waals surface area contributed by atoms with Crippen LogP contribution < -0.4 is 0 Å². The van der Waals surface area contributed by atoms with Crippen LogP contribution in [0.3, 0.4) is 0 Å². The first-order valence-electron chi connectivity index (χ1n) is 5.69. The smallest absolute Gasteiger partial charge is 0.157 e. The fraction of sp³-hybridized carbons (Fsp3) is 0.667. The summed E-state index contributed by atoms with van der Waals surface area (Å²) in [7, 11) is 0. The molecule has 0 N–H and O–H groups in total. The second-order valence-electron chi connectivity index (χ2n) is 3.74. The molecule has 1 aromatic rings. The molecule has 1 rings (SSSR count). The van der Waals surface area contributed by atoms with E-state index in [-0.39, 0.29) is 11.5 Å². The van der Waals surface area contributed by atoms with Crippen LogP contribution in [-0.4, -0.2) is 16.6 Å². The molecule has 2 unspecified atom stereocenters. The van der Waals surface area contributed by atoms with Crippen LogP contribution in [0.15, 0.2) is 6.20 Å². The normalized spacial score (nSPS) is 14.8. The van der Waals surface area contributed by atoms with E-state index in [4.69, 9.17) is 16.3 Å². The van der Waals surface area contributed by atoms with Crippen molar-refractivity contribution in [1.82, 2.24) is 9.97 Å². The molecule has 1 heterocycles. The number of alkyl halides is 1. The maximum absolute atomic E-state index is 6.02. The summed E-state index contributed by atoms with van der Waals surface area (Å²) >= 11 is 6.02. The Morgan fingerprint density at radius 1 is 1.44 bits per heavy atom. The van der Waals surface area contributed by atoms with Gasteiger partial charge in [0.15, 0.2) is 5.82 Å². The Balaban J connectivity index is 2.95. The van der Waals surface area contributed by atoms with E-state index in [1.807, 2.05) is 20.8 Å². The summed E-state index contributed by atoms with van der Waals surface area (Å²) in [6.07, 6.45) is 2.67. The Labute approximate surface area is 102 Å². The maximum Gasteiger partial charge on any atom is 0.157 e. The first kappa shape index (κ1) is 13.4. The number of ether oxygens (including phenoxy) is 1. The van der Waals surface area contributed by atoms with Gasteiger partial charge in [-0.15, -0.1) is 11.6 Å². The molecular formula is C12H19ClN2O. The Hall–Kier alpha value is -0.670. The van der Waals surface area contributed by atoms with Gasteiger partial charge in [-0.2, -0.15) is 0 Å². The summed E-state index contributed by atoms with van der Waals surface area (Å²) in [5, 5.41) is -0.0544. The van der Waals surface area contributed by atoms with Crippen molar-refractivity contribution in [3.8, 4) is 0 Å². The standard InChI is InChI=1S/C12H19ClN2O/c1-5-11(16-6-2)12-14-7-10(8(3)13)9(4)15-12/h7-8,11H,5-6H2,1-4H3. The quantitative estimate of drug-likeness (QED) is 0.741. The SMILES string of the molecule is CCOC(CC)c1ncc(C(C)Cl)c(C)n1. The van der Waals surface area contributed by atoms with Gasteiger partial charge in [0, 0.05) is 24.1 Å². The first-order valence-corrected chi connectivity index (χ1v) is 6.12. The summed E-state index contributed by atoms with van der Waals surface area (Å²) < 4.78 is 5.57. The zero-order valence-corrected chi connectivity index (χ0v) is 11.1. The molecule has 16 heavy (non-hydrogen) atoms. The average molecular weight is 243 g/mol. The van der Waals surface area contributed by atoms with Crippen molar-refractivity contribution in [3.63, 3.8) is 0 Å². The van der Waals surface area contributed by atoms with Crippen LogP contribution in [0.2, 0.25) is 0 Å². The Kier molecular flexibility index (Phi) is 5.16. The van der Waals surface area contributed by atoms with Crippen molar-refractivity contribution in [2.75, 3.05) is 6.61 Å². The molecule has 0 fully saturated rings. The molecule has 0 aliphatic carbocycles. The zero-order chi connectivity index (χ0) is 12.1. The van der Waals surface area contributed by atoms with E-state index in [2.05, 4.69) is 16.9 Å². The summed E-state index contributed by atoms with van der Waals surface area (Å²) in [6, 6.07) is 0. The maximum atomic E-state index is 6.02. The van der Waals surface area contributed by atoms with Crippen LogP contribution in [0.1, 0.15) is 55.8 Å². The lowest BCUT2D eigenvalue weighted by molar-refractivity contribution is 0.0533. The van der Waals surface area contributed by atoms with Gasteiger partial charge in [0.2, 0.25) is 0 Å². The van der Waals surface area contributed by atoms with Gasteiger partial charge in [0.25, 0.3) is 0 Å². The predicted molar refractivity (Wildman–Crippen MR) is 65.7 cm³/mol. The zero-order valence-electron chi connectivity index (χ0n) is 10.3. The topological polar surface area (TPSA) is 35.0 Å². The summed E-state index contributed by atoms with van der Waals surface area (Å²) in [5.74, 6) is 0.753. The molecule has 0 saturated carbocycles. The first-order chi connectivity index (χ1) is 7.60. The number of hydrogen-bond donors (Lipinski definition) is 0. The Morgan fingerprint density at radius 2 is 2.12 bits per heavy atom. The number of nitrogens with zero attached hydrogens (tertiary/aromatic N) is 2. The highest BCUT2D eigenvalue weighted by atomic mass is 35.5. The Morgan fingerprint density at radius 3 is 2.56 bits per heavy atom. The molecule has 0 aliphatic rings. The Bertz CT molecular complexity index is 342. The molecule has 0 bridgehead atoms. The molecule has 0 spiro atoms. The summed E-state index contributed by atoms with van der Waals surface area (Å²) in [4.78, 5) is 8.79. The third kappa shape index (κ3) is 3.16. The molecule has 0 saturated heterocycles. The van der Waals surface area contributed by atoms with Crippen LogP contribution in [0, 0.1) is 6.92 Å². The third-order valence-electron chi connectivity index (χ3n) is 2.49. The molecule has 4 heteroatoms. The molecule has 90 valence electrons. The van der Waals surface area contributed by atoms with Crippen LogP contribution in [0.4, 0.5) is 0 Å².